The zero-order valence-corrected chi connectivity index (χ0v) is 20.5. The van der Waals surface area contributed by atoms with Gasteiger partial charge in [0.2, 0.25) is 5.91 Å². The number of piperazine rings is 1. The van der Waals surface area contributed by atoms with Crippen LogP contribution < -0.4 is 9.64 Å². The Morgan fingerprint density at radius 3 is 2.39 bits per heavy atom. The minimum atomic E-state index is -1.52. The molecule has 36 heavy (non-hydrogen) atoms. The Hall–Kier alpha value is -3.04. The van der Waals surface area contributed by atoms with Gasteiger partial charge >= 0.3 is 0 Å². The lowest BCUT2D eigenvalue weighted by Gasteiger charge is -2.43. The summed E-state index contributed by atoms with van der Waals surface area (Å²) in [6, 6.07) is 17.1. The summed E-state index contributed by atoms with van der Waals surface area (Å²) in [7, 11) is 0. The molecule has 0 radical (unpaired) electrons. The molecule has 0 unspecified atom stereocenters. The van der Waals surface area contributed by atoms with Gasteiger partial charge in [-0.2, -0.15) is 0 Å². The number of β-amino-alcohol motifs (C(OH)–C–C–N with tert-alkyl or cyclic N) is 1. The Balaban J connectivity index is 1.61. The maximum Gasteiger partial charge on any atom is 0.241 e. The van der Waals surface area contributed by atoms with Crippen molar-refractivity contribution in [3.8, 4) is 5.75 Å². The zero-order chi connectivity index (χ0) is 25.9. The fourth-order valence-corrected chi connectivity index (χ4v) is 4.57. The summed E-state index contributed by atoms with van der Waals surface area (Å²) in [4.78, 5) is 16.9. The number of carbonyl (C=O) groups excluding carboxylic acids is 1. The topological polar surface area (TPSA) is 73.2 Å². The van der Waals surface area contributed by atoms with Crippen LogP contribution in [0.3, 0.4) is 0 Å². The molecule has 2 N–H and O–H groups in total. The highest BCUT2D eigenvalue weighted by Gasteiger charge is 2.38. The monoisotopic (exact) mass is 516 g/mol. The Morgan fingerprint density at radius 1 is 1.06 bits per heavy atom. The molecule has 9 heteroatoms. The number of hydrogen-bond donors (Lipinski definition) is 2. The second kappa shape index (κ2) is 10.9. The van der Waals surface area contributed by atoms with Crippen molar-refractivity contribution in [2.75, 3.05) is 37.7 Å². The Morgan fingerprint density at radius 2 is 1.75 bits per heavy atom. The quantitative estimate of drug-likeness (QED) is 0.467. The number of benzene rings is 3. The van der Waals surface area contributed by atoms with Crippen molar-refractivity contribution in [1.29, 1.82) is 0 Å². The van der Waals surface area contributed by atoms with Gasteiger partial charge in [-0.3, -0.25) is 9.69 Å². The lowest BCUT2D eigenvalue weighted by Crippen LogP contribution is -2.55. The van der Waals surface area contributed by atoms with Gasteiger partial charge in [-0.05, 0) is 66.6 Å². The minimum Gasteiger partial charge on any atom is -0.491 e. The number of halogens is 3. The number of hydrogen-bond acceptors (Lipinski definition) is 5. The van der Waals surface area contributed by atoms with Crippen molar-refractivity contribution in [3.63, 3.8) is 0 Å². The fourth-order valence-electron chi connectivity index (χ4n) is 4.44. The number of nitrogens with zero attached hydrogens (tertiary/aromatic N) is 2. The van der Waals surface area contributed by atoms with Crippen LogP contribution in [0, 0.1) is 11.6 Å². The minimum absolute atomic E-state index is 0.0205. The van der Waals surface area contributed by atoms with Crippen molar-refractivity contribution < 1.29 is 28.5 Å². The smallest absolute Gasteiger partial charge is 0.241 e. The average Bonchev–Trinajstić information content (AvgIpc) is 2.84. The molecule has 0 aliphatic carbocycles. The van der Waals surface area contributed by atoms with E-state index in [1.807, 2.05) is 12.1 Å². The van der Waals surface area contributed by atoms with Gasteiger partial charge in [0.1, 0.15) is 12.4 Å². The number of aliphatic hydroxyl groups excluding tert-OH is 1. The number of aliphatic hydroxyl groups is 2. The van der Waals surface area contributed by atoms with Crippen molar-refractivity contribution in [2.24, 2.45) is 0 Å². The molecule has 1 fully saturated rings. The van der Waals surface area contributed by atoms with Gasteiger partial charge < -0.3 is 19.8 Å². The maximum atomic E-state index is 13.8. The van der Waals surface area contributed by atoms with Crippen molar-refractivity contribution in [1.82, 2.24) is 4.90 Å². The van der Waals surface area contributed by atoms with E-state index in [0.29, 0.717) is 23.0 Å². The molecule has 0 spiro atoms. The molecule has 1 aliphatic heterocycles. The van der Waals surface area contributed by atoms with Gasteiger partial charge in [-0.25, -0.2) is 8.78 Å². The van der Waals surface area contributed by atoms with Gasteiger partial charge in [0.25, 0.3) is 0 Å². The third-order valence-electron chi connectivity index (χ3n) is 6.17. The Bertz CT molecular complexity index is 1210. The predicted molar refractivity (Wildman–Crippen MR) is 133 cm³/mol. The van der Waals surface area contributed by atoms with Crippen LogP contribution in [0.25, 0.3) is 0 Å². The molecule has 0 aromatic heterocycles. The summed E-state index contributed by atoms with van der Waals surface area (Å²) in [6.45, 7) is 2.02. The molecule has 3 aromatic carbocycles. The second-order valence-electron chi connectivity index (χ2n) is 8.97. The molecular weight excluding hydrogens is 490 g/mol. The molecule has 1 amide bonds. The molecule has 0 bridgehead atoms. The van der Waals surface area contributed by atoms with Gasteiger partial charge in [-0.15, -0.1) is 0 Å². The van der Waals surface area contributed by atoms with Gasteiger partial charge in [0.05, 0.1) is 24.8 Å². The summed E-state index contributed by atoms with van der Waals surface area (Å²) in [6.07, 6.45) is 0. The highest BCUT2D eigenvalue weighted by Crippen LogP contribution is 2.34. The normalized spacial score (nSPS) is 18.2. The van der Waals surface area contributed by atoms with Crippen molar-refractivity contribution >= 4 is 23.2 Å². The molecule has 6 nitrogen and oxygen atoms in total. The third-order valence-corrected chi connectivity index (χ3v) is 6.43. The van der Waals surface area contributed by atoms with Gasteiger partial charge in [0, 0.05) is 23.8 Å². The summed E-state index contributed by atoms with van der Waals surface area (Å²) < 4.78 is 32.6. The first-order valence-corrected chi connectivity index (χ1v) is 11.9. The average molecular weight is 517 g/mol. The van der Waals surface area contributed by atoms with Crippen LogP contribution in [0.15, 0.2) is 66.7 Å². The zero-order valence-electron chi connectivity index (χ0n) is 19.7. The number of ether oxygens (including phenoxy) is 1. The van der Waals surface area contributed by atoms with E-state index < -0.39 is 23.3 Å². The number of amides is 1. The van der Waals surface area contributed by atoms with E-state index in [1.165, 1.54) is 13.0 Å². The molecule has 3 aromatic rings. The number of carbonyl (C=O) groups is 1. The van der Waals surface area contributed by atoms with Crippen LogP contribution in [-0.4, -0.2) is 53.9 Å². The highest BCUT2D eigenvalue weighted by atomic mass is 35.5. The molecule has 190 valence electrons. The van der Waals surface area contributed by atoms with Crippen LogP contribution in [-0.2, 0) is 10.4 Å². The van der Waals surface area contributed by atoms with Crippen LogP contribution in [0.1, 0.15) is 24.1 Å². The molecule has 4 rings (SSSR count). The molecule has 1 saturated heterocycles. The Labute approximate surface area is 213 Å². The number of anilines is 1. The first-order chi connectivity index (χ1) is 17.2. The highest BCUT2D eigenvalue weighted by molar-refractivity contribution is 6.30. The van der Waals surface area contributed by atoms with E-state index in [4.69, 9.17) is 21.4 Å². The molecular formula is C27H27ClF2N2O4. The first-order valence-electron chi connectivity index (χ1n) is 11.5. The number of rotatable bonds is 8. The lowest BCUT2D eigenvalue weighted by atomic mass is 9.93. The molecule has 1 aliphatic rings. The SMILES string of the molecule is C[C@@](O)(CN1CC(=O)N(c2ccc(OCCO)cc2)[C@H](c2ccc(Cl)cc2)C1)c1ccc(F)c(F)c1. The summed E-state index contributed by atoms with van der Waals surface area (Å²) in [5.41, 5.74) is 0.222. The van der Waals surface area contributed by atoms with Gasteiger partial charge in [0.15, 0.2) is 11.6 Å². The van der Waals surface area contributed by atoms with Crippen molar-refractivity contribution in [2.45, 2.75) is 18.6 Å². The third kappa shape index (κ3) is 5.84. The van der Waals surface area contributed by atoms with E-state index in [0.717, 1.165) is 17.7 Å². The standard InChI is InChI=1S/C27H27ClF2N2O4/c1-27(35,19-4-11-23(29)24(30)14-19)17-31-15-25(18-2-5-20(28)6-3-18)32(26(34)16-31)21-7-9-22(10-8-21)36-13-12-33/h2-11,14,25,33,35H,12-13,15-17H2,1H3/t25-,27+/m0/s1. The molecule has 1 heterocycles. The van der Waals surface area contributed by atoms with Gasteiger partial charge in [-0.1, -0.05) is 29.8 Å². The van der Waals surface area contributed by atoms with Crippen LogP contribution in [0.4, 0.5) is 14.5 Å². The first kappa shape index (κ1) is 26.0. The predicted octanol–water partition coefficient (Wildman–Crippen LogP) is 4.29. The van der Waals surface area contributed by atoms with E-state index in [-0.39, 0.29) is 37.8 Å². The lowest BCUT2D eigenvalue weighted by molar-refractivity contribution is -0.123. The van der Waals surface area contributed by atoms with E-state index in [9.17, 15) is 18.7 Å². The second-order valence-corrected chi connectivity index (χ2v) is 9.41. The molecule has 0 saturated carbocycles. The van der Waals surface area contributed by atoms with E-state index in [1.54, 1.807) is 46.2 Å². The fraction of sp³-hybridized carbons (Fsp3) is 0.296. The summed E-state index contributed by atoms with van der Waals surface area (Å²) >= 11 is 6.09. The van der Waals surface area contributed by atoms with Crippen molar-refractivity contribution in [3.05, 3.63) is 94.5 Å². The largest absolute Gasteiger partial charge is 0.491 e. The molecule has 2 atom stereocenters. The van der Waals surface area contributed by atoms with Crippen LogP contribution in [0.5, 0.6) is 5.75 Å². The summed E-state index contributed by atoms with van der Waals surface area (Å²) in [5.74, 6) is -1.65. The van der Waals surface area contributed by atoms with E-state index in [2.05, 4.69) is 0 Å². The van der Waals surface area contributed by atoms with Crippen LogP contribution >= 0.6 is 11.6 Å². The maximum absolute atomic E-state index is 13.8. The van der Waals surface area contributed by atoms with Crippen LogP contribution in [0.2, 0.25) is 5.02 Å². The van der Waals surface area contributed by atoms with E-state index >= 15 is 0 Å². The Kier molecular flexibility index (Phi) is 7.90. The summed E-state index contributed by atoms with van der Waals surface area (Å²) in [5, 5.41) is 20.6.